The number of thioether (sulfide) groups is 1. The molecule has 110 valence electrons. The van der Waals surface area contributed by atoms with E-state index in [0.717, 1.165) is 5.69 Å². The fourth-order valence-electron chi connectivity index (χ4n) is 1.38. The van der Waals surface area contributed by atoms with Crippen LogP contribution in [-0.4, -0.2) is 27.9 Å². The number of carbonyl (C=O) groups excluding carboxylic acids is 2. The Kier molecular flexibility index (Phi) is 5.12. The minimum absolute atomic E-state index is 0.0576. The summed E-state index contributed by atoms with van der Waals surface area (Å²) in [5, 5.41) is 13.7. The van der Waals surface area contributed by atoms with Crippen LogP contribution in [-0.2, 0) is 4.79 Å². The average Bonchev–Trinajstić information content (AvgIpc) is 2.86. The van der Waals surface area contributed by atoms with E-state index < -0.39 is 11.9 Å². The topological polar surface area (TPSA) is 110 Å². The first-order valence-electron chi connectivity index (χ1n) is 5.92. The number of carbonyl (C=O) groups is 2. The van der Waals surface area contributed by atoms with Crippen molar-refractivity contribution in [3.05, 3.63) is 29.8 Å². The van der Waals surface area contributed by atoms with Gasteiger partial charge in [0.25, 0.3) is 0 Å². The first-order chi connectivity index (χ1) is 10.0. The van der Waals surface area contributed by atoms with Crippen LogP contribution < -0.4 is 16.4 Å². The molecule has 0 atom stereocenters. The number of aromatic nitrogens is 2. The Labute approximate surface area is 129 Å². The molecule has 0 saturated heterocycles. The summed E-state index contributed by atoms with van der Waals surface area (Å²) in [6, 6.07) is 7.02. The number of nitrogens with zero attached hydrogens (tertiary/aromatic N) is 2. The summed E-state index contributed by atoms with van der Waals surface area (Å²) in [5.41, 5.74) is 6.94. The predicted octanol–water partition coefficient (Wildman–Crippen LogP) is 1.88. The molecule has 0 fully saturated rings. The second-order valence-corrected chi connectivity index (χ2v) is 6.27. The molecule has 0 saturated carbocycles. The zero-order valence-corrected chi connectivity index (χ0v) is 12.8. The number of hydrogen-bond donors (Lipinski definition) is 3. The molecule has 0 spiro atoms. The van der Waals surface area contributed by atoms with E-state index in [2.05, 4.69) is 15.5 Å². The Hall–Kier alpha value is -2.13. The van der Waals surface area contributed by atoms with E-state index >= 15 is 0 Å². The Morgan fingerprint density at radius 1 is 1.29 bits per heavy atom. The molecule has 3 amide bonds. The smallest absolute Gasteiger partial charge is 0.318 e. The Balaban J connectivity index is 1.88. The first-order valence-corrected chi connectivity index (χ1v) is 7.72. The highest BCUT2D eigenvalue weighted by Crippen LogP contribution is 2.27. The molecule has 0 unspecified atom stereocenters. The fraction of sp³-hybridized carbons (Fsp3) is 0.167. The second kappa shape index (κ2) is 7.04. The molecule has 1 aromatic carbocycles. The lowest BCUT2D eigenvalue weighted by Crippen LogP contribution is -2.36. The van der Waals surface area contributed by atoms with Crippen molar-refractivity contribution in [1.82, 2.24) is 15.5 Å². The van der Waals surface area contributed by atoms with Gasteiger partial charge in [-0.25, -0.2) is 4.79 Å². The van der Waals surface area contributed by atoms with Gasteiger partial charge in [-0.15, -0.1) is 10.2 Å². The quantitative estimate of drug-likeness (QED) is 0.725. The third kappa shape index (κ3) is 5.04. The summed E-state index contributed by atoms with van der Waals surface area (Å²) in [7, 11) is 0. The maximum Gasteiger partial charge on any atom is 0.318 e. The van der Waals surface area contributed by atoms with Crippen LogP contribution in [0.4, 0.5) is 15.6 Å². The van der Waals surface area contributed by atoms with Crippen molar-refractivity contribution in [1.29, 1.82) is 0 Å². The van der Waals surface area contributed by atoms with E-state index in [1.807, 2.05) is 36.5 Å². The number of primary amides is 1. The standard InChI is InChI=1S/C12H13N5O2S2/c1-7-2-4-8(5-3-7)14-11-16-17-12(21-11)20-6-9(18)15-10(13)19/h2-5H,6H2,1H3,(H,14,16)(H3,13,15,18,19). The highest BCUT2D eigenvalue weighted by atomic mass is 32.2. The molecule has 2 aromatic rings. The minimum atomic E-state index is -0.861. The minimum Gasteiger partial charge on any atom is -0.351 e. The summed E-state index contributed by atoms with van der Waals surface area (Å²) >= 11 is 2.52. The fourth-order valence-corrected chi connectivity index (χ4v) is 2.95. The molecule has 0 radical (unpaired) electrons. The van der Waals surface area contributed by atoms with Gasteiger partial charge in [-0.05, 0) is 19.1 Å². The Morgan fingerprint density at radius 3 is 2.67 bits per heavy atom. The number of urea groups is 1. The van der Waals surface area contributed by atoms with Gasteiger partial charge in [-0.3, -0.25) is 10.1 Å². The van der Waals surface area contributed by atoms with E-state index in [9.17, 15) is 9.59 Å². The van der Waals surface area contributed by atoms with Crippen LogP contribution in [0.3, 0.4) is 0 Å². The van der Waals surface area contributed by atoms with Gasteiger partial charge in [0.1, 0.15) is 0 Å². The lowest BCUT2D eigenvalue weighted by atomic mass is 10.2. The van der Waals surface area contributed by atoms with Crippen LogP contribution in [0.15, 0.2) is 28.6 Å². The van der Waals surface area contributed by atoms with Gasteiger partial charge in [0, 0.05) is 5.69 Å². The summed E-state index contributed by atoms with van der Waals surface area (Å²) in [6.07, 6.45) is 0. The van der Waals surface area contributed by atoms with E-state index in [1.165, 1.54) is 28.7 Å². The van der Waals surface area contributed by atoms with Crippen molar-refractivity contribution < 1.29 is 9.59 Å². The number of aryl methyl sites for hydroxylation is 1. The molecule has 0 aliphatic rings. The number of benzene rings is 1. The molecule has 0 aliphatic heterocycles. The summed E-state index contributed by atoms with van der Waals surface area (Å²) in [4.78, 5) is 21.8. The van der Waals surface area contributed by atoms with Gasteiger partial charge in [-0.1, -0.05) is 40.8 Å². The van der Waals surface area contributed by atoms with Crippen molar-refractivity contribution >= 4 is 45.9 Å². The van der Waals surface area contributed by atoms with E-state index in [4.69, 9.17) is 5.73 Å². The van der Waals surface area contributed by atoms with Gasteiger partial charge < -0.3 is 11.1 Å². The number of amides is 3. The molecular formula is C12H13N5O2S2. The van der Waals surface area contributed by atoms with Gasteiger partial charge in [-0.2, -0.15) is 0 Å². The number of nitrogens with one attached hydrogen (secondary N) is 2. The Morgan fingerprint density at radius 2 is 2.00 bits per heavy atom. The number of hydrogen-bond acceptors (Lipinski definition) is 7. The van der Waals surface area contributed by atoms with Gasteiger partial charge in [0.2, 0.25) is 11.0 Å². The number of anilines is 2. The molecular weight excluding hydrogens is 310 g/mol. The molecule has 2 rings (SSSR count). The van der Waals surface area contributed by atoms with Crippen molar-refractivity contribution in [2.24, 2.45) is 5.73 Å². The van der Waals surface area contributed by atoms with Crippen molar-refractivity contribution in [2.45, 2.75) is 11.3 Å². The van der Waals surface area contributed by atoms with E-state index in [0.29, 0.717) is 9.47 Å². The third-order valence-electron chi connectivity index (χ3n) is 2.30. The van der Waals surface area contributed by atoms with E-state index in [-0.39, 0.29) is 5.75 Å². The molecule has 9 heteroatoms. The second-order valence-electron chi connectivity index (χ2n) is 4.07. The van der Waals surface area contributed by atoms with Crippen LogP contribution >= 0.6 is 23.1 Å². The molecule has 0 bridgehead atoms. The van der Waals surface area contributed by atoms with Crippen molar-refractivity contribution in [3.63, 3.8) is 0 Å². The largest absolute Gasteiger partial charge is 0.351 e. The molecule has 1 heterocycles. The van der Waals surface area contributed by atoms with Gasteiger partial charge in [0.05, 0.1) is 5.75 Å². The monoisotopic (exact) mass is 323 g/mol. The highest BCUT2D eigenvalue weighted by Gasteiger charge is 2.09. The van der Waals surface area contributed by atoms with Gasteiger partial charge in [0.15, 0.2) is 4.34 Å². The highest BCUT2D eigenvalue weighted by molar-refractivity contribution is 8.01. The molecule has 0 aliphatic carbocycles. The van der Waals surface area contributed by atoms with Crippen molar-refractivity contribution in [2.75, 3.05) is 11.1 Å². The third-order valence-corrected chi connectivity index (χ3v) is 4.27. The zero-order valence-electron chi connectivity index (χ0n) is 11.1. The normalized spacial score (nSPS) is 10.1. The predicted molar refractivity (Wildman–Crippen MR) is 82.8 cm³/mol. The van der Waals surface area contributed by atoms with Crippen molar-refractivity contribution in [3.8, 4) is 0 Å². The van der Waals surface area contributed by atoms with Crippen LogP contribution in [0, 0.1) is 6.92 Å². The number of nitrogens with two attached hydrogens (primary N) is 1. The molecule has 21 heavy (non-hydrogen) atoms. The summed E-state index contributed by atoms with van der Waals surface area (Å²) < 4.78 is 0.629. The van der Waals surface area contributed by atoms with Crippen LogP contribution in [0.2, 0.25) is 0 Å². The van der Waals surface area contributed by atoms with Crippen LogP contribution in [0.1, 0.15) is 5.56 Å². The SMILES string of the molecule is Cc1ccc(Nc2nnc(SCC(=O)NC(N)=O)s2)cc1. The maximum atomic E-state index is 11.3. The first kappa shape index (κ1) is 15.3. The van der Waals surface area contributed by atoms with Crippen LogP contribution in [0.5, 0.6) is 0 Å². The summed E-state index contributed by atoms with van der Waals surface area (Å²) in [5.74, 6) is -0.405. The lowest BCUT2D eigenvalue weighted by molar-refractivity contribution is -0.117. The average molecular weight is 323 g/mol. The molecule has 4 N–H and O–H groups in total. The Bertz CT molecular complexity index is 641. The molecule has 7 nitrogen and oxygen atoms in total. The summed E-state index contributed by atoms with van der Waals surface area (Å²) in [6.45, 7) is 2.01. The number of rotatable bonds is 5. The van der Waals surface area contributed by atoms with E-state index in [1.54, 1.807) is 0 Å². The van der Waals surface area contributed by atoms with Gasteiger partial charge >= 0.3 is 6.03 Å². The number of imide groups is 1. The maximum absolute atomic E-state index is 11.3. The lowest BCUT2D eigenvalue weighted by Gasteiger charge is -2.01. The van der Waals surface area contributed by atoms with Crippen LogP contribution in [0.25, 0.3) is 0 Å². The molecule has 1 aromatic heterocycles. The zero-order chi connectivity index (χ0) is 15.2.